The van der Waals surface area contributed by atoms with Gasteiger partial charge in [0.25, 0.3) is 0 Å². The summed E-state index contributed by atoms with van der Waals surface area (Å²) < 4.78 is 10.6. The van der Waals surface area contributed by atoms with Crippen molar-refractivity contribution >= 4 is 5.78 Å². The predicted molar refractivity (Wildman–Crippen MR) is 75.2 cm³/mol. The maximum atomic E-state index is 12.7. The summed E-state index contributed by atoms with van der Waals surface area (Å²) in [4.78, 5) is 12.7. The number of ketones is 1. The third-order valence-corrected chi connectivity index (χ3v) is 3.95. The molecule has 2 rings (SSSR count). The molecule has 0 aromatic heterocycles. The van der Waals surface area contributed by atoms with E-state index in [0.717, 1.165) is 42.6 Å². The molecule has 1 fully saturated rings. The second kappa shape index (κ2) is 6.09. The number of benzene rings is 1. The molecule has 104 valence electrons. The predicted octanol–water partition coefficient (Wildman–Crippen LogP) is 3.78. The number of aryl methyl sites for hydroxylation is 1. The van der Waals surface area contributed by atoms with E-state index in [0.29, 0.717) is 5.75 Å². The zero-order valence-electron chi connectivity index (χ0n) is 12.0. The summed E-state index contributed by atoms with van der Waals surface area (Å²) >= 11 is 0. The van der Waals surface area contributed by atoms with Crippen LogP contribution in [0.5, 0.6) is 11.5 Å². The molecule has 0 saturated heterocycles. The summed E-state index contributed by atoms with van der Waals surface area (Å²) in [6.07, 6.45) is 5.59. The van der Waals surface area contributed by atoms with Crippen molar-refractivity contribution in [1.82, 2.24) is 0 Å². The summed E-state index contributed by atoms with van der Waals surface area (Å²) in [6.45, 7) is 1.95. The fourth-order valence-electron chi connectivity index (χ4n) is 2.89. The summed E-state index contributed by atoms with van der Waals surface area (Å²) in [5.41, 5.74) is 1.67. The number of Topliss-reactive ketones (excluding diaryl/α,β-unsaturated/α-hetero) is 1. The van der Waals surface area contributed by atoms with Crippen LogP contribution in [0.4, 0.5) is 0 Å². The summed E-state index contributed by atoms with van der Waals surface area (Å²) in [5.74, 6) is 1.76. The van der Waals surface area contributed by atoms with Crippen molar-refractivity contribution in [1.29, 1.82) is 0 Å². The number of carbonyl (C=O) groups is 1. The molecule has 19 heavy (non-hydrogen) atoms. The van der Waals surface area contributed by atoms with Gasteiger partial charge in [0.15, 0.2) is 5.78 Å². The minimum Gasteiger partial charge on any atom is -0.497 e. The SMILES string of the molecule is COc1cc(C)c(C(=O)C2CCCCC2)c(OC)c1. The molecule has 3 nitrogen and oxygen atoms in total. The van der Waals surface area contributed by atoms with E-state index in [2.05, 4.69) is 0 Å². The molecule has 0 spiro atoms. The molecule has 0 bridgehead atoms. The van der Waals surface area contributed by atoms with E-state index in [4.69, 9.17) is 9.47 Å². The van der Waals surface area contributed by atoms with Gasteiger partial charge in [-0.3, -0.25) is 4.79 Å². The summed E-state index contributed by atoms with van der Waals surface area (Å²) in [5, 5.41) is 0. The molecule has 0 amide bonds. The molecule has 0 N–H and O–H groups in total. The van der Waals surface area contributed by atoms with Crippen LogP contribution in [0.2, 0.25) is 0 Å². The van der Waals surface area contributed by atoms with Crippen LogP contribution in [-0.4, -0.2) is 20.0 Å². The van der Waals surface area contributed by atoms with E-state index in [9.17, 15) is 4.79 Å². The van der Waals surface area contributed by atoms with E-state index in [1.807, 2.05) is 13.0 Å². The highest BCUT2D eigenvalue weighted by atomic mass is 16.5. The maximum absolute atomic E-state index is 12.7. The second-order valence-electron chi connectivity index (χ2n) is 5.22. The first-order valence-corrected chi connectivity index (χ1v) is 6.94. The molecule has 0 unspecified atom stereocenters. The highest BCUT2D eigenvalue weighted by Gasteiger charge is 2.26. The van der Waals surface area contributed by atoms with Gasteiger partial charge in [-0.2, -0.15) is 0 Å². The number of ether oxygens (including phenoxy) is 2. The number of hydrogen-bond acceptors (Lipinski definition) is 3. The van der Waals surface area contributed by atoms with Crippen LogP contribution < -0.4 is 9.47 Å². The molecular weight excluding hydrogens is 240 g/mol. The van der Waals surface area contributed by atoms with Crippen LogP contribution in [0.15, 0.2) is 12.1 Å². The zero-order valence-corrected chi connectivity index (χ0v) is 12.0. The van der Waals surface area contributed by atoms with E-state index in [1.54, 1.807) is 20.3 Å². The van der Waals surface area contributed by atoms with Gasteiger partial charge in [0.05, 0.1) is 19.8 Å². The van der Waals surface area contributed by atoms with Gasteiger partial charge in [-0.15, -0.1) is 0 Å². The molecule has 0 atom stereocenters. The Morgan fingerprint density at radius 3 is 2.37 bits per heavy atom. The maximum Gasteiger partial charge on any atom is 0.169 e. The van der Waals surface area contributed by atoms with Crippen molar-refractivity contribution in [3.8, 4) is 11.5 Å². The number of carbonyl (C=O) groups excluding carboxylic acids is 1. The van der Waals surface area contributed by atoms with Crippen LogP contribution in [0.1, 0.15) is 48.0 Å². The van der Waals surface area contributed by atoms with Gasteiger partial charge in [0.1, 0.15) is 11.5 Å². The lowest BCUT2D eigenvalue weighted by molar-refractivity contribution is 0.0885. The van der Waals surface area contributed by atoms with Crippen molar-refractivity contribution in [3.63, 3.8) is 0 Å². The van der Waals surface area contributed by atoms with Gasteiger partial charge >= 0.3 is 0 Å². The highest BCUT2D eigenvalue weighted by Crippen LogP contribution is 2.34. The standard InChI is InChI=1S/C16H22O3/c1-11-9-13(18-2)10-14(19-3)15(11)16(17)12-7-5-4-6-8-12/h9-10,12H,4-8H2,1-3H3. The fraction of sp³-hybridized carbons (Fsp3) is 0.562. The fourth-order valence-corrected chi connectivity index (χ4v) is 2.89. The van der Waals surface area contributed by atoms with Gasteiger partial charge in [0, 0.05) is 12.0 Å². The van der Waals surface area contributed by atoms with Gasteiger partial charge in [-0.25, -0.2) is 0 Å². The Bertz CT molecular complexity index is 459. The first-order chi connectivity index (χ1) is 9.17. The van der Waals surface area contributed by atoms with Crippen molar-refractivity contribution < 1.29 is 14.3 Å². The molecule has 1 aliphatic carbocycles. The number of hydrogen-bond donors (Lipinski definition) is 0. The van der Waals surface area contributed by atoms with Crippen LogP contribution in [0, 0.1) is 12.8 Å². The zero-order chi connectivity index (χ0) is 13.8. The lowest BCUT2D eigenvalue weighted by Gasteiger charge is -2.22. The summed E-state index contributed by atoms with van der Waals surface area (Å²) in [7, 11) is 3.22. The van der Waals surface area contributed by atoms with Gasteiger partial charge < -0.3 is 9.47 Å². The first kappa shape index (κ1) is 13.9. The Morgan fingerprint density at radius 1 is 1.11 bits per heavy atom. The highest BCUT2D eigenvalue weighted by molar-refractivity contribution is 6.01. The smallest absolute Gasteiger partial charge is 0.169 e. The van der Waals surface area contributed by atoms with E-state index in [-0.39, 0.29) is 11.7 Å². The van der Waals surface area contributed by atoms with E-state index < -0.39 is 0 Å². The molecule has 3 heteroatoms. The summed E-state index contributed by atoms with van der Waals surface area (Å²) in [6, 6.07) is 3.70. The third-order valence-electron chi connectivity index (χ3n) is 3.95. The Balaban J connectivity index is 2.34. The molecule has 1 aliphatic rings. The third kappa shape index (κ3) is 2.91. The van der Waals surface area contributed by atoms with E-state index in [1.165, 1.54) is 6.42 Å². The van der Waals surface area contributed by atoms with E-state index >= 15 is 0 Å². The number of methoxy groups -OCH3 is 2. The van der Waals surface area contributed by atoms with Crippen molar-refractivity contribution in [2.75, 3.05) is 14.2 Å². The van der Waals surface area contributed by atoms with Crippen molar-refractivity contribution in [2.24, 2.45) is 5.92 Å². The normalized spacial score (nSPS) is 16.2. The molecule has 1 saturated carbocycles. The molecule has 0 radical (unpaired) electrons. The molecule has 1 aromatic rings. The molecular formula is C16H22O3. The number of rotatable bonds is 4. The van der Waals surface area contributed by atoms with Gasteiger partial charge in [-0.1, -0.05) is 19.3 Å². The van der Waals surface area contributed by atoms with Crippen LogP contribution in [-0.2, 0) is 0 Å². The van der Waals surface area contributed by atoms with Gasteiger partial charge in [-0.05, 0) is 31.4 Å². The lowest BCUT2D eigenvalue weighted by Crippen LogP contribution is -2.19. The second-order valence-corrected chi connectivity index (χ2v) is 5.22. The van der Waals surface area contributed by atoms with Crippen molar-refractivity contribution in [3.05, 3.63) is 23.3 Å². The minimum absolute atomic E-state index is 0.162. The Kier molecular flexibility index (Phi) is 4.46. The topological polar surface area (TPSA) is 35.5 Å². The Morgan fingerprint density at radius 2 is 1.79 bits per heavy atom. The molecule has 0 heterocycles. The molecule has 0 aliphatic heterocycles. The molecule has 1 aromatic carbocycles. The quantitative estimate of drug-likeness (QED) is 0.775. The average Bonchev–Trinajstić information content (AvgIpc) is 2.46. The first-order valence-electron chi connectivity index (χ1n) is 6.94. The van der Waals surface area contributed by atoms with Crippen LogP contribution in [0.3, 0.4) is 0 Å². The monoisotopic (exact) mass is 262 g/mol. The van der Waals surface area contributed by atoms with Crippen molar-refractivity contribution in [2.45, 2.75) is 39.0 Å². The van der Waals surface area contributed by atoms with Crippen LogP contribution in [0.25, 0.3) is 0 Å². The minimum atomic E-state index is 0.162. The average molecular weight is 262 g/mol. The van der Waals surface area contributed by atoms with Gasteiger partial charge in [0.2, 0.25) is 0 Å². The van der Waals surface area contributed by atoms with Crippen LogP contribution >= 0.6 is 0 Å². The Labute approximate surface area is 114 Å². The Hall–Kier alpha value is -1.51. The largest absolute Gasteiger partial charge is 0.497 e. The lowest BCUT2D eigenvalue weighted by atomic mass is 9.82.